The van der Waals surface area contributed by atoms with E-state index in [1.165, 1.54) is 0 Å². The predicted octanol–water partition coefficient (Wildman–Crippen LogP) is 3.03. The summed E-state index contributed by atoms with van der Waals surface area (Å²) < 4.78 is 0. The Labute approximate surface area is 104 Å². The molecule has 0 spiro atoms. The number of hydrogen-bond donors (Lipinski definition) is 1. The molecule has 1 unspecified atom stereocenters. The second-order valence-corrected chi connectivity index (χ2v) is 4.15. The lowest BCUT2D eigenvalue weighted by atomic mass is 10.2. The van der Waals surface area contributed by atoms with Gasteiger partial charge >= 0.3 is 0 Å². The molecule has 1 aromatic carbocycles. The molecule has 0 saturated heterocycles. The standard InChI is InChI=1S/C11H10Cl2N2O/c1-7(5-6-14)15-11(16)10-8(12)3-2-4-9(10)13/h2-4,7H,5H2,1H3,(H,15,16). The molecule has 3 nitrogen and oxygen atoms in total. The highest BCUT2D eigenvalue weighted by atomic mass is 35.5. The third kappa shape index (κ3) is 3.13. The van der Waals surface area contributed by atoms with Gasteiger partial charge in [-0.05, 0) is 19.1 Å². The van der Waals surface area contributed by atoms with Gasteiger partial charge in [-0.2, -0.15) is 5.26 Å². The summed E-state index contributed by atoms with van der Waals surface area (Å²) in [4.78, 5) is 11.8. The normalized spacial score (nSPS) is 11.6. The zero-order valence-corrected chi connectivity index (χ0v) is 10.1. The minimum absolute atomic E-state index is 0.232. The Morgan fingerprint density at radius 2 is 2.06 bits per heavy atom. The maximum absolute atomic E-state index is 11.8. The average molecular weight is 257 g/mol. The Bertz CT molecular complexity index is 420. The van der Waals surface area contributed by atoms with E-state index in [0.29, 0.717) is 10.0 Å². The van der Waals surface area contributed by atoms with Gasteiger partial charge in [-0.25, -0.2) is 0 Å². The van der Waals surface area contributed by atoms with Gasteiger partial charge in [0.05, 0.1) is 28.1 Å². The van der Waals surface area contributed by atoms with Gasteiger partial charge in [0.2, 0.25) is 0 Å². The van der Waals surface area contributed by atoms with E-state index in [2.05, 4.69) is 5.32 Å². The van der Waals surface area contributed by atoms with Gasteiger partial charge in [0.1, 0.15) is 0 Å². The Morgan fingerprint density at radius 1 is 1.50 bits per heavy atom. The smallest absolute Gasteiger partial charge is 0.254 e. The van der Waals surface area contributed by atoms with Crippen LogP contribution in [0.3, 0.4) is 0 Å². The Balaban J connectivity index is 2.85. The summed E-state index contributed by atoms with van der Waals surface area (Å²) in [6.45, 7) is 1.74. The molecule has 0 aliphatic carbocycles. The molecule has 16 heavy (non-hydrogen) atoms. The first kappa shape index (κ1) is 12.8. The fourth-order valence-electron chi connectivity index (χ4n) is 1.20. The van der Waals surface area contributed by atoms with Crippen LogP contribution in [0.1, 0.15) is 23.7 Å². The Hall–Kier alpha value is -1.24. The van der Waals surface area contributed by atoms with Crippen LogP contribution in [-0.4, -0.2) is 11.9 Å². The third-order valence-corrected chi connectivity index (χ3v) is 2.59. The van der Waals surface area contributed by atoms with Crippen molar-refractivity contribution < 1.29 is 4.79 Å². The molecule has 0 aromatic heterocycles. The molecule has 0 bridgehead atoms. The van der Waals surface area contributed by atoms with E-state index in [1.54, 1.807) is 25.1 Å². The number of halogens is 2. The molecule has 1 N–H and O–H groups in total. The van der Waals surface area contributed by atoms with Gasteiger partial charge in [-0.3, -0.25) is 4.79 Å². The van der Waals surface area contributed by atoms with Crippen LogP contribution < -0.4 is 5.32 Å². The van der Waals surface area contributed by atoms with Crippen LogP contribution in [0.25, 0.3) is 0 Å². The highest BCUT2D eigenvalue weighted by Crippen LogP contribution is 2.24. The van der Waals surface area contributed by atoms with Crippen LogP contribution in [0.2, 0.25) is 10.0 Å². The van der Waals surface area contributed by atoms with Crippen molar-refractivity contribution in [2.45, 2.75) is 19.4 Å². The minimum atomic E-state index is -0.363. The van der Waals surface area contributed by atoms with Crippen LogP contribution in [0.5, 0.6) is 0 Å². The molecule has 1 rings (SSSR count). The van der Waals surface area contributed by atoms with E-state index in [4.69, 9.17) is 28.5 Å². The number of carbonyl (C=O) groups excluding carboxylic acids is 1. The third-order valence-electron chi connectivity index (χ3n) is 1.96. The number of benzene rings is 1. The van der Waals surface area contributed by atoms with E-state index >= 15 is 0 Å². The molecule has 0 fully saturated rings. The monoisotopic (exact) mass is 256 g/mol. The summed E-state index contributed by atoms with van der Waals surface area (Å²) >= 11 is 11.7. The molecule has 0 heterocycles. The van der Waals surface area contributed by atoms with Crippen molar-refractivity contribution >= 4 is 29.1 Å². The molecule has 84 valence electrons. The molecule has 0 aliphatic heterocycles. The number of nitrogens with zero attached hydrogens (tertiary/aromatic N) is 1. The summed E-state index contributed by atoms with van der Waals surface area (Å²) in [5, 5.41) is 11.7. The topological polar surface area (TPSA) is 52.9 Å². The van der Waals surface area contributed by atoms with Crippen molar-refractivity contribution in [2.24, 2.45) is 0 Å². The van der Waals surface area contributed by atoms with Crippen molar-refractivity contribution in [3.63, 3.8) is 0 Å². The summed E-state index contributed by atoms with van der Waals surface area (Å²) in [7, 11) is 0. The number of rotatable bonds is 3. The maximum Gasteiger partial charge on any atom is 0.254 e. The summed E-state index contributed by atoms with van der Waals surface area (Å²) in [5.41, 5.74) is 0.246. The lowest BCUT2D eigenvalue weighted by Crippen LogP contribution is -2.32. The fourth-order valence-corrected chi connectivity index (χ4v) is 1.77. The highest BCUT2D eigenvalue weighted by Gasteiger charge is 2.15. The van der Waals surface area contributed by atoms with E-state index in [9.17, 15) is 4.79 Å². The summed E-state index contributed by atoms with van der Waals surface area (Å²) in [6.07, 6.45) is 0.244. The van der Waals surface area contributed by atoms with Crippen molar-refractivity contribution in [3.05, 3.63) is 33.8 Å². The van der Waals surface area contributed by atoms with Gasteiger partial charge in [-0.15, -0.1) is 0 Å². The first-order valence-electron chi connectivity index (χ1n) is 4.68. The first-order valence-corrected chi connectivity index (χ1v) is 5.43. The molecular weight excluding hydrogens is 247 g/mol. The van der Waals surface area contributed by atoms with Crippen molar-refractivity contribution in [3.8, 4) is 6.07 Å². The molecule has 5 heteroatoms. The quantitative estimate of drug-likeness (QED) is 0.904. The van der Waals surface area contributed by atoms with E-state index in [0.717, 1.165) is 0 Å². The lowest BCUT2D eigenvalue weighted by molar-refractivity contribution is 0.0941. The Morgan fingerprint density at radius 3 is 2.56 bits per heavy atom. The lowest BCUT2D eigenvalue weighted by Gasteiger charge is -2.12. The number of carbonyl (C=O) groups is 1. The number of amides is 1. The van der Waals surface area contributed by atoms with Gasteiger partial charge in [-0.1, -0.05) is 29.3 Å². The van der Waals surface area contributed by atoms with Gasteiger partial charge in [0.15, 0.2) is 0 Å². The van der Waals surface area contributed by atoms with Crippen LogP contribution in [0, 0.1) is 11.3 Å². The number of nitriles is 1. The Kier molecular flexibility index (Phi) is 4.60. The SMILES string of the molecule is CC(CC#N)NC(=O)c1c(Cl)cccc1Cl. The first-order chi connectivity index (χ1) is 7.56. The predicted molar refractivity (Wildman–Crippen MR) is 63.6 cm³/mol. The van der Waals surface area contributed by atoms with Crippen LogP contribution in [0.4, 0.5) is 0 Å². The molecule has 0 saturated carbocycles. The number of hydrogen-bond acceptors (Lipinski definition) is 2. The molecule has 1 aromatic rings. The molecule has 1 atom stereocenters. The zero-order chi connectivity index (χ0) is 12.1. The number of nitrogens with one attached hydrogen (secondary N) is 1. The second-order valence-electron chi connectivity index (χ2n) is 3.33. The van der Waals surface area contributed by atoms with E-state index < -0.39 is 0 Å². The van der Waals surface area contributed by atoms with Gasteiger partial charge in [0.25, 0.3) is 5.91 Å². The van der Waals surface area contributed by atoms with Crippen LogP contribution >= 0.6 is 23.2 Å². The average Bonchev–Trinajstić information content (AvgIpc) is 2.17. The molecule has 0 aliphatic rings. The second kappa shape index (κ2) is 5.74. The van der Waals surface area contributed by atoms with Crippen LogP contribution in [-0.2, 0) is 0 Å². The van der Waals surface area contributed by atoms with Gasteiger partial charge in [0, 0.05) is 6.04 Å². The van der Waals surface area contributed by atoms with Crippen LogP contribution in [0.15, 0.2) is 18.2 Å². The van der Waals surface area contributed by atoms with Crippen molar-refractivity contribution in [2.75, 3.05) is 0 Å². The zero-order valence-electron chi connectivity index (χ0n) is 8.63. The largest absolute Gasteiger partial charge is 0.348 e. The van der Waals surface area contributed by atoms with Gasteiger partial charge < -0.3 is 5.32 Å². The molecule has 0 radical (unpaired) electrons. The molecular formula is C11H10Cl2N2O. The molecule has 1 amide bonds. The van der Waals surface area contributed by atoms with E-state index in [1.807, 2.05) is 6.07 Å². The maximum atomic E-state index is 11.8. The fraction of sp³-hybridized carbons (Fsp3) is 0.273. The van der Waals surface area contributed by atoms with Crippen molar-refractivity contribution in [1.29, 1.82) is 5.26 Å². The minimum Gasteiger partial charge on any atom is -0.348 e. The van der Waals surface area contributed by atoms with Crippen molar-refractivity contribution in [1.82, 2.24) is 5.32 Å². The highest BCUT2D eigenvalue weighted by molar-refractivity contribution is 6.39. The summed E-state index contributed by atoms with van der Waals surface area (Å²) in [6, 6.07) is 6.60. The summed E-state index contributed by atoms with van der Waals surface area (Å²) in [5.74, 6) is -0.363. The van der Waals surface area contributed by atoms with E-state index in [-0.39, 0.29) is 23.9 Å².